The fraction of sp³-hybridized carbons (Fsp3) is 0.462. The molecular formula is C13H16Cl2N2O4S. The first-order valence-corrected chi connectivity index (χ1v) is 8.95. The van der Waals surface area contributed by atoms with Gasteiger partial charge in [-0.15, -0.1) is 0 Å². The second kappa shape index (κ2) is 7.61. The van der Waals surface area contributed by atoms with E-state index in [1.807, 2.05) is 0 Å². The van der Waals surface area contributed by atoms with Crippen LogP contribution in [0.4, 0.5) is 0 Å². The lowest BCUT2D eigenvalue weighted by Crippen LogP contribution is -2.39. The monoisotopic (exact) mass is 366 g/mol. The number of amides is 1. The minimum Gasteiger partial charge on any atom is -0.376 e. The number of benzene rings is 1. The zero-order valence-electron chi connectivity index (χ0n) is 11.6. The van der Waals surface area contributed by atoms with Crippen molar-refractivity contribution < 1.29 is 17.9 Å². The van der Waals surface area contributed by atoms with Crippen molar-refractivity contribution in [1.82, 2.24) is 10.0 Å². The molecule has 122 valence electrons. The summed E-state index contributed by atoms with van der Waals surface area (Å²) in [6.45, 7) is 0.691. The largest absolute Gasteiger partial charge is 0.376 e. The minimum atomic E-state index is -3.90. The molecule has 1 saturated heterocycles. The smallest absolute Gasteiger partial charge is 0.242 e. The van der Waals surface area contributed by atoms with Gasteiger partial charge in [-0.05, 0) is 31.0 Å². The highest BCUT2D eigenvalue weighted by molar-refractivity contribution is 7.89. The molecule has 9 heteroatoms. The number of carbonyl (C=O) groups excluding carboxylic acids is 1. The number of hydrogen-bond donors (Lipinski definition) is 2. The Morgan fingerprint density at radius 2 is 2.14 bits per heavy atom. The van der Waals surface area contributed by atoms with E-state index in [0.717, 1.165) is 12.8 Å². The summed E-state index contributed by atoms with van der Waals surface area (Å²) in [6.07, 6.45) is 1.87. The van der Waals surface area contributed by atoms with Crippen LogP contribution in [0, 0.1) is 0 Å². The molecule has 0 spiro atoms. The average Bonchev–Trinajstić information content (AvgIpc) is 2.99. The van der Waals surface area contributed by atoms with Crippen molar-refractivity contribution in [3.05, 3.63) is 28.2 Å². The van der Waals surface area contributed by atoms with E-state index >= 15 is 0 Å². The highest BCUT2D eigenvalue weighted by atomic mass is 35.5. The number of halogens is 2. The molecule has 1 aliphatic heterocycles. The van der Waals surface area contributed by atoms with Crippen LogP contribution in [0.25, 0.3) is 0 Å². The summed E-state index contributed by atoms with van der Waals surface area (Å²) in [4.78, 5) is 11.5. The Bertz CT molecular complexity index is 645. The molecule has 0 aliphatic carbocycles. The molecule has 1 aromatic carbocycles. The van der Waals surface area contributed by atoms with Gasteiger partial charge in [0, 0.05) is 18.2 Å². The van der Waals surface area contributed by atoms with E-state index in [2.05, 4.69) is 10.0 Å². The van der Waals surface area contributed by atoms with Gasteiger partial charge in [-0.3, -0.25) is 4.79 Å². The van der Waals surface area contributed by atoms with Crippen LogP contribution in [0.15, 0.2) is 23.1 Å². The highest BCUT2D eigenvalue weighted by Crippen LogP contribution is 2.24. The van der Waals surface area contributed by atoms with E-state index in [1.165, 1.54) is 18.2 Å². The third kappa shape index (κ3) is 4.82. The summed E-state index contributed by atoms with van der Waals surface area (Å²) in [5.41, 5.74) is 0. The van der Waals surface area contributed by atoms with Crippen LogP contribution in [-0.2, 0) is 19.6 Å². The number of rotatable bonds is 6. The first-order valence-electron chi connectivity index (χ1n) is 6.71. The molecular weight excluding hydrogens is 351 g/mol. The van der Waals surface area contributed by atoms with Gasteiger partial charge in [0.05, 0.1) is 17.7 Å². The second-order valence-corrected chi connectivity index (χ2v) is 7.42. The van der Waals surface area contributed by atoms with Gasteiger partial charge in [0.1, 0.15) is 4.90 Å². The predicted octanol–water partition coefficient (Wildman–Crippen LogP) is 1.57. The molecule has 1 atom stereocenters. The van der Waals surface area contributed by atoms with E-state index in [9.17, 15) is 13.2 Å². The highest BCUT2D eigenvalue weighted by Gasteiger charge is 2.20. The number of hydrogen-bond acceptors (Lipinski definition) is 4. The standard InChI is InChI=1S/C13H16Cl2N2O4S/c14-9-3-4-11(15)12(6-9)22(19,20)17-8-13(18)16-7-10-2-1-5-21-10/h3-4,6,10,17H,1-2,5,7-8H2,(H,16,18)/t10-/m1/s1. The van der Waals surface area contributed by atoms with E-state index in [0.29, 0.717) is 13.2 Å². The molecule has 1 heterocycles. The summed E-state index contributed by atoms with van der Waals surface area (Å²) in [5, 5.41) is 2.91. The Hall–Kier alpha value is -0.860. The quantitative estimate of drug-likeness (QED) is 0.799. The van der Waals surface area contributed by atoms with Crippen LogP contribution < -0.4 is 10.0 Å². The van der Waals surface area contributed by atoms with Crippen LogP contribution in [-0.4, -0.2) is 40.1 Å². The molecule has 0 aromatic heterocycles. The van der Waals surface area contributed by atoms with Crippen molar-refractivity contribution in [1.29, 1.82) is 0 Å². The molecule has 2 N–H and O–H groups in total. The normalized spacial score (nSPS) is 18.4. The van der Waals surface area contributed by atoms with E-state index in [4.69, 9.17) is 27.9 Å². The maximum absolute atomic E-state index is 12.1. The number of sulfonamides is 1. The maximum atomic E-state index is 12.1. The van der Waals surface area contributed by atoms with Gasteiger partial charge >= 0.3 is 0 Å². The van der Waals surface area contributed by atoms with Crippen LogP contribution in [0.2, 0.25) is 10.0 Å². The zero-order chi connectivity index (χ0) is 16.2. The molecule has 6 nitrogen and oxygen atoms in total. The summed E-state index contributed by atoms with van der Waals surface area (Å²) in [6, 6.07) is 4.10. The Balaban J connectivity index is 1.88. The first kappa shape index (κ1) is 17.5. The van der Waals surface area contributed by atoms with E-state index < -0.39 is 15.9 Å². The van der Waals surface area contributed by atoms with Crippen molar-refractivity contribution in [2.24, 2.45) is 0 Å². The zero-order valence-corrected chi connectivity index (χ0v) is 14.0. The van der Waals surface area contributed by atoms with E-state index in [1.54, 1.807) is 0 Å². The Morgan fingerprint density at radius 1 is 1.36 bits per heavy atom. The fourth-order valence-corrected chi connectivity index (χ4v) is 3.76. The Kier molecular flexibility index (Phi) is 6.05. The van der Waals surface area contributed by atoms with Crippen molar-refractivity contribution in [2.75, 3.05) is 19.7 Å². The molecule has 1 aliphatic rings. The van der Waals surface area contributed by atoms with Crippen molar-refractivity contribution >= 4 is 39.1 Å². The first-order chi connectivity index (χ1) is 10.4. The molecule has 0 bridgehead atoms. The van der Waals surface area contributed by atoms with Crippen LogP contribution in [0.5, 0.6) is 0 Å². The third-order valence-corrected chi connectivity index (χ3v) is 5.27. The van der Waals surface area contributed by atoms with E-state index in [-0.39, 0.29) is 27.6 Å². The Morgan fingerprint density at radius 3 is 2.82 bits per heavy atom. The minimum absolute atomic E-state index is 0.00271. The van der Waals surface area contributed by atoms with Crippen molar-refractivity contribution in [2.45, 2.75) is 23.8 Å². The van der Waals surface area contributed by atoms with Gasteiger partial charge in [-0.2, -0.15) is 0 Å². The lowest BCUT2D eigenvalue weighted by Gasteiger charge is -2.12. The SMILES string of the molecule is O=C(CNS(=O)(=O)c1cc(Cl)ccc1Cl)NC[C@H]1CCCO1. The lowest BCUT2D eigenvalue weighted by molar-refractivity contribution is -0.120. The molecule has 22 heavy (non-hydrogen) atoms. The summed E-state index contributed by atoms with van der Waals surface area (Å²) in [5.74, 6) is -0.433. The topological polar surface area (TPSA) is 84.5 Å². The molecule has 0 radical (unpaired) electrons. The molecule has 1 fully saturated rings. The van der Waals surface area contributed by atoms with Gasteiger partial charge in [0.15, 0.2) is 0 Å². The molecule has 2 rings (SSSR count). The average molecular weight is 367 g/mol. The molecule has 0 unspecified atom stereocenters. The van der Waals surface area contributed by atoms with Gasteiger partial charge in [0.2, 0.25) is 15.9 Å². The third-order valence-electron chi connectivity index (χ3n) is 3.16. The molecule has 1 aromatic rings. The maximum Gasteiger partial charge on any atom is 0.242 e. The molecule has 1 amide bonds. The van der Waals surface area contributed by atoms with Gasteiger partial charge < -0.3 is 10.1 Å². The lowest BCUT2D eigenvalue weighted by atomic mass is 10.2. The second-order valence-electron chi connectivity index (χ2n) is 4.84. The number of ether oxygens (including phenoxy) is 1. The Labute approximate surface area is 139 Å². The van der Waals surface area contributed by atoms with Crippen molar-refractivity contribution in [3.8, 4) is 0 Å². The fourth-order valence-electron chi connectivity index (χ4n) is 2.02. The predicted molar refractivity (Wildman–Crippen MR) is 83.6 cm³/mol. The summed E-state index contributed by atoms with van der Waals surface area (Å²) >= 11 is 11.6. The van der Waals surface area contributed by atoms with Crippen LogP contribution in [0.3, 0.4) is 0 Å². The molecule has 0 saturated carbocycles. The van der Waals surface area contributed by atoms with Crippen molar-refractivity contribution in [3.63, 3.8) is 0 Å². The summed E-state index contributed by atoms with van der Waals surface area (Å²) in [7, 11) is -3.90. The summed E-state index contributed by atoms with van der Waals surface area (Å²) < 4.78 is 31.8. The number of carbonyl (C=O) groups is 1. The van der Waals surface area contributed by atoms with Gasteiger partial charge in [-0.25, -0.2) is 13.1 Å². The van der Waals surface area contributed by atoms with Crippen LogP contribution in [0.1, 0.15) is 12.8 Å². The van der Waals surface area contributed by atoms with Gasteiger partial charge in [0.25, 0.3) is 0 Å². The number of nitrogens with one attached hydrogen (secondary N) is 2. The van der Waals surface area contributed by atoms with Gasteiger partial charge in [-0.1, -0.05) is 23.2 Å². The van der Waals surface area contributed by atoms with Crippen LogP contribution >= 0.6 is 23.2 Å².